The third-order valence-corrected chi connectivity index (χ3v) is 4.36. The highest BCUT2D eigenvalue weighted by Gasteiger charge is 2.28. The molecule has 0 saturated heterocycles. The number of hydrogen-bond acceptors (Lipinski definition) is 2. The minimum Gasteiger partial charge on any atom is -0.391 e. The standard InChI is InChI=1S/C17H18ClNO/c18-13-7-8-15-12(9-13)6-5-11-3-1-2-4-14(11)17(15)16(20)10-19/h1-4,7-9,16-17,20H,5-6,10,19H2. The van der Waals surface area contributed by atoms with Gasteiger partial charge in [0.1, 0.15) is 0 Å². The molecule has 3 heteroatoms. The van der Waals surface area contributed by atoms with Crippen LogP contribution in [-0.4, -0.2) is 17.8 Å². The van der Waals surface area contributed by atoms with Crippen LogP contribution in [0.4, 0.5) is 0 Å². The van der Waals surface area contributed by atoms with E-state index in [0.29, 0.717) is 0 Å². The topological polar surface area (TPSA) is 46.2 Å². The van der Waals surface area contributed by atoms with Gasteiger partial charge in [-0.15, -0.1) is 0 Å². The Kier molecular flexibility index (Phi) is 3.79. The molecule has 0 saturated carbocycles. The summed E-state index contributed by atoms with van der Waals surface area (Å²) in [5.74, 6) is -0.0639. The largest absolute Gasteiger partial charge is 0.391 e. The minimum atomic E-state index is -0.575. The van der Waals surface area contributed by atoms with E-state index in [9.17, 15) is 5.11 Å². The van der Waals surface area contributed by atoms with Gasteiger partial charge in [0.2, 0.25) is 0 Å². The third kappa shape index (κ3) is 2.35. The highest BCUT2D eigenvalue weighted by molar-refractivity contribution is 6.30. The van der Waals surface area contributed by atoms with E-state index >= 15 is 0 Å². The van der Waals surface area contributed by atoms with Crippen molar-refractivity contribution in [1.29, 1.82) is 0 Å². The van der Waals surface area contributed by atoms with Crippen LogP contribution in [0.25, 0.3) is 0 Å². The van der Waals surface area contributed by atoms with E-state index in [4.69, 9.17) is 17.3 Å². The Balaban J connectivity index is 2.19. The van der Waals surface area contributed by atoms with Crippen LogP contribution in [-0.2, 0) is 12.8 Å². The van der Waals surface area contributed by atoms with E-state index in [1.807, 2.05) is 30.3 Å². The summed E-state index contributed by atoms with van der Waals surface area (Å²) in [6.45, 7) is 0.251. The van der Waals surface area contributed by atoms with Crippen LogP contribution in [0, 0.1) is 0 Å². The molecule has 2 atom stereocenters. The maximum absolute atomic E-state index is 10.4. The van der Waals surface area contributed by atoms with Gasteiger partial charge in [-0.25, -0.2) is 0 Å². The molecule has 0 bridgehead atoms. The third-order valence-electron chi connectivity index (χ3n) is 4.12. The van der Waals surface area contributed by atoms with Crippen LogP contribution in [0.2, 0.25) is 5.02 Å². The molecule has 0 radical (unpaired) electrons. The van der Waals surface area contributed by atoms with Crippen LogP contribution in [0.1, 0.15) is 28.2 Å². The minimum absolute atomic E-state index is 0.0639. The summed E-state index contributed by atoms with van der Waals surface area (Å²) < 4.78 is 0. The van der Waals surface area contributed by atoms with Crippen LogP contribution in [0.5, 0.6) is 0 Å². The van der Waals surface area contributed by atoms with Gasteiger partial charge in [-0.05, 0) is 47.2 Å². The molecule has 0 amide bonds. The van der Waals surface area contributed by atoms with E-state index in [1.54, 1.807) is 0 Å². The summed E-state index contributed by atoms with van der Waals surface area (Å²) in [7, 11) is 0. The lowest BCUT2D eigenvalue weighted by atomic mass is 9.84. The molecule has 2 aromatic rings. The number of nitrogens with two attached hydrogens (primary N) is 1. The molecule has 0 aliphatic heterocycles. The van der Waals surface area contributed by atoms with Crippen LogP contribution >= 0.6 is 11.6 Å². The van der Waals surface area contributed by atoms with Gasteiger partial charge in [0.25, 0.3) is 0 Å². The van der Waals surface area contributed by atoms with Crippen molar-refractivity contribution in [3.05, 3.63) is 69.7 Å². The Morgan fingerprint density at radius 2 is 1.80 bits per heavy atom. The van der Waals surface area contributed by atoms with Crippen molar-refractivity contribution in [3.63, 3.8) is 0 Å². The quantitative estimate of drug-likeness (QED) is 0.892. The summed E-state index contributed by atoms with van der Waals surface area (Å²) in [4.78, 5) is 0. The molecule has 2 nitrogen and oxygen atoms in total. The van der Waals surface area contributed by atoms with Gasteiger partial charge in [-0.1, -0.05) is 41.9 Å². The number of hydrogen-bond donors (Lipinski definition) is 2. The maximum Gasteiger partial charge on any atom is 0.0771 e. The predicted molar refractivity (Wildman–Crippen MR) is 82.2 cm³/mol. The number of halogens is 1. The second-order valence-electron chi connectivity index (χ2n) is 5.32. The van der Waals surface area contributed by atoms with E-state index in [-0.39, 0.29) is 12.5 Å². The van der Waals surface area contributed by atoms with Crippen molar-refractivity contribution >= 4 is 11.6 Å². The molecule has 3 rings (SSSR count). The molecular weight excluding hydrogens is 270 g/mol. The van der Waals surface area contributed by atoms with Gasteiger partial charge >= 0.3 is 0 Å². The molecule has 1 aliphatic rings. The number of aliphatic hydroxyl groups excluding tert-OH is 1. The Bertz CT molecular complexity index is 626. The Labute approximate surface area is 124 Å². The summed E-state index contributed by atoms with van der Waals surface area (Å²) >= 11 is 6.12. The van der Waals surface area contributed by atoms with E-state index in [2.05, 4.69) is 12.1 Å². The lowest BCUT2D eigenvalue weighted by Crippen LogP contribution is -2.28. The molecule has 3 N–H and O–H groups in total. The normalized spacial score (nSPS) is 18.9. The molecule has 2 aromatic carbocycles. The van der Waals surface area contributed by atoms with E-state index < -0.39 is 6.10 Å². The molecule has 0 heterocycles. The fourth-order valence-electron chi connectivity index (χ4n) is 3.15. The molecule has 20 heavy (non-hydrogen) atoms. The zero-order chi connectivity index (χ0) is 14.1. The number of rotatable bonds is 2. The second kappa shape index (κ2) is 5.57. The average Bonchev–Trinajstić information content (AvgIpc) is 2.63. The fraction of sp³-hybridized carbons (Fsp3) is 0.294. The molecule has 0 spiro atoms. The first kappa shape index (κ1) is 13.6. The van der Waals surface area contributed by atoms with Crippen molar-refractivity contribution in [2.45, 2.75) is 24.9 Å². The number of benzene rings is 2. The van der Waals surface area contributed by atoms with Gasteiger partial charge in [-0.2, -0.15) is 0 Å². The predicted octanol–water partition coefficient (Wildman–Crippen LogP) is 2.89. The zero-order valence-electron chi connectivity index (χ0n) is 11.2. The smallest absolute Gasteiger partial charge is 0.0771 e. The molecular formula is C17H18ClNO. The summed E-state index contributed by atoms with van der Waals surface area (Å²) in [5, 5.41) is 11.2. The van der Waals surface area contributed by atoms with E-state index in [1.165, 1.54) is 16.7 Å². The van der Waals surface area contributed by atoms with E-state index in [0.717, 1.165) is 23.4 Å². The first-order chi connectivity index (χ1) is 9.70. The average molecular weight is 288 g/mol. The first-order valence-electron chi connectivity index (χ1n) is 6.95. The number of fused-ring (bicyclic) bond motifs is 2. The summed E-state index contributed by atoms with van der Waals surface area (Å²) in [5.41, 5.74) is 10.6. The SMILES string of the molecule is NCC(O)C1c2ccccc2CCc2cc(Cl)ccc21. The number of aryl methyl sites for hydroxylation is 2. The van der Waals surface area contributed by atoms with Crippen molar-refractivity contribution in [2.24, 2.45) is 5.73 Å². The molecule has 0 aromatic heterocycles. The lowest BCUT2D eigenvalue weighted by Gasteiger charge is -2.24. The molecule has 1 aliphatic carbocycles. The van der Waals surface area contributed by atoms with Crippen molar-refractivity contribution in [1.82, 2.24) is 0 Å². The molecule has 0 fully saturated rings. The first-order valence-corrected chi connectivity index (χ1v) is 7.32. The van der Waals surface area contributed by atoms with Crippen molar-refractivity contribution < 1.29 is 5.11 Å². The summed E-state index contributed by atoms with van der Waals surface area (Å²) in [6, 6.07) is 14.2. The fourth-order valence-corrected chi connectivity index (χ4v) is 3.34. The Morgan fingerprint density at radius 1 is 1.10 bits per heavy atom. The van der Waals surface area contributed by atoms with Crippen LogP contribution in [0.3, 0.4) is 0 Å². The highest BCUT2D eigenvalue weighted by Crippen LogP contribution is 2.37. The maximum atomic E-state index is 10.4. The van der Waals surface area contributed by atoms with Gasteiger partial charge in [0.05, 0.1) is 6.10 Å². The van der Waals surface area contributed by atoms with Gasteiger partial charge in [0.15, 0.2) is 0 Å². The van der Waals surface area contributed by atoms with Gasteiger partial charge in [-0.3, -0.25) is 0 Å². The van der Waals surface area contributed by atoms with Gasteiger partial charge < -0.3 is 10.8 Å². The summed E-state index contributed by atoms with van der Waals surface area (Å²) in [6.07, 6.45) is 1.34. The lowest BCUT2D eigenvalue weighted by molar-refractivity contribution is 0.164. The molecule has 104 valence electrons. The molecule has 2 unspecified atom stereocenters. The van der Waals surface area contributed by atoms with Gasteiger partial charge in [0, 0.05) is 17.5 Å². The van der Waals surface area contributed by atoms with Crippen molar-refractivity contribution in [2.75, 3.05) is 6.54 Å². The Morgan fingerprint density at radius 3 is 2.60 bits per heavy atom. The Hall–Kier alpha value is -1.35. The number of aliphatic hydroxyl groups is 1. The highest BCUT2D eigenvalue weighted by atomic mass is 35.5. The van der Waals surface area contributed by atoms with Crippen LogP contribution < -0.4 is 5.73 Å². The monoisotopic (exact) mass is 287 g/mol. The van der Waals surface area contributed by atoms with Crippen LogP contribution in [0.15, 0.2) is 42.5 Å². The second-order valence-corrected chi connectivity index (χ2v) is 5.76. The van der Waals surface area contributed by atoms with Crippen molar-refractivity contribution in [3.8, 4) is 0 Å². The zero-order valence-corrected chi connectivity index (χ0v) is 12.0.